The number of nitrogens with zero attached hydrogens (tertiary/aromatic N) is 3. The normalized spacial score (nSPS) is 18.0. The summed E-state index contributed by atoms with van der Waals surface area (Å²) < 4.78 is 5.75. The summed E-state index contributed by atoms with van der Waals surface area (Å²) in [5.74, 6) is 0.534. The highest BCUT2D eigenvalue weighted by Crippen LogP contribution is 2.31. The molecule has 120 valence electrons. The second-order valence-electron chi connectivity index (χ2n) is 5.45. The molecule has 1 aliphatic rings. The average molecular weight is 315 g/mol. The highest BCUT2D eigenvalue weighted by atomic mass is 16.6. The number of aromatic hydroxyl groups is 1. The first kappa shape index (κ1) is 15.2. The van der Waals surface area contributed by atoms with Gasteiger partial charge in [-0.1, -0.05) is 12.1 Å². The predicted octanol–water partition coefficient (Wildman–Crippen LogP) is 2.58. The second kappa shape index (κ2) is 6.21. The third-order valence-corrected chi connectivity index (χ3v) is 3.80. The number of rotatable bonds is 3. The van der Waals surface area contributed by atoms with Crippen molar-refractivity contribution in [2.24, 2.45) is 0 Å². The molecule has 7 nitrogen and oxygen atoms in total. The van der Waals surface area contributed by atoms with Crippen LogP contribution in [0, 0.1) is 17.0 Å². The van der Waals surface area contributed by atoms with Crippen molar-refractivity contribution >= 4 is 11.5 Å². The highest BCUT2D eigenvalue weighted by molar-refractivity contribution is 5.58. The number of hydrogen-bond donors (Lipinski definition) is 1. The van der Waals surface area contributed by atoms with Crippen LogP contribution in [0.25, 0.3) is 0 Å². The first-order valence-corrected chi connectivity index (χ1v) is 7.32. The van der Waals surface area contributed by atoms with E-state index in [0.717, 1.165) is 11.3 Å². The van der Waals surface area contributed by atoms with Crippen LogP contribution in [0.3, 0.4) is 0 Å². The fraction of sp³-hybridized carbons (Fsp3) is 0.312. The molecule has 1 fully saturated rings. The maximum absolute atomic E-state index is 11.2. The lowest BCUT2D eigenvalue weighted by Gasteiger charge is -2.33. The zero-order valence-electron chi connectivity index (χ0n) is 12.7. The summed E-state index contributed by atoms with van der Waals surface area (Å²) in [6.07, 6.45) is -0.266. The Morgan fingerprint density at radius 2 is 2.22 bits per heavy atom. The molecular formula is C16H17N3O4. The quantitative estimate of drug-likeness (QED) is 0.692. The molecule has 0 spiro atoms. The summed E-state index contributed by atoms with van der Waals surface area (Å²) in [6, 6.07) is 9.97. The van der Waals surface area contributed by atoms with Gasteiger partial charge in [0.2, 0.25) is 5.82 Å². The fourth-order valence-electron chi connectivity index (χ4n) is 2.68. The number of hydrogen-bond acceptors (Lipinski definition) is 6. The lowest BCUT2D eigenvalue weighted by Crippen LogP contribution is -2.39. The van der Waals surface area contributed by atoms with E-state index >= 15 is 0 Å². The molecule has 7 heteroatoms. The Kier molecular flexibility index (Phi) is 4.12. The number of benzene rings is 1. The number of aromatic nitrogens is 1. The van der Waals surface area contributed by atoms with E-state index in [-0.39, 0.29) is 17.5 Å². The van der Waals surface area contributed by atoms with Crippen LogP contribution in [0.2, 0.25) is 0 Å². The van der Waals surface area contributed by atoms with Crippen molar-refractivity contribution in [3.05, 3.63) is 57.8 Å². The standard InChI is InChI=1S/C16H17N3O4/c1-11-5-6-14(19(21)22)16(17-11)18-7-8-23-15(10-18)12-3-2-4-13(20)9-12/h2-6,9,15,20H,7-8,10H2,1H3/t15-/m1/s1. The number of morpholine rings is 1. The molecule has 2 heterocycles. The fourth-order valence-corrected chi connectivity index (χ4v) is 2.68. The predicted molar refractivity (Wildman–Crippen MR) is 84.6 cm³/mol. The molecule has 1 aromatic carbocycles. The van der Waals surface area contributed by atoms with Gasteiger partial charge in [-0.25, -0.2) is 4.98 Å². The average Bonchev–Trinajstić information content (AvgIpc) is 2.54. The van der Waals surface area contributed by atoms with Crippen LogP contribution in [0.1, 0.15) is 17.4 Å². The molecule has 2 aromatic rings. The number of ether oxygens (including phenoxy) is 1. The van der Waals surface area contributed by atoms with Crippen LogP contribution < -0.4 is 4.90 Å². The smallest absolute Gasteiger partial charge is 0.311 e. The van der Waals surface area contributed by atoms with Gasteiger partial charge in [-0.2, -0.15) is 0 Å². The van der Waals surface area contributed by atoms with Gasteiger partial charge in [0.15, 0.2) is 0 Å². The van der Waals surface area contributed by atoms with Crippen molar-refractivity contribution < 1.29 is 14.8 Å². The first-order valence-electron chi connectivity index (χ1n) is 7.32. The van der Waals surface area contributed by atoms with Crippen LogP contribution in [-0.2, 0) is 4.74 Å². The molecule has 3 rings (SSSR count). The molecule has 1 atom stereocenters. The van der Waals surface area contributed by atoms with Crippen molar-refractivity contribution in [1.29, 1.82) is 0 Å². The number of phenolic OH excluding ortho intramolecular Hbond substituents is 1. The van der Waals surface area contributed by atoms with Gasteiger partial charge in [0, 0.05) is 18.3 Å². The number of phenols is 1. The van der Waals surface area contributed by atoms with Gasteiger partial charge in [-0.05, 0) is 30.7 Å². The minimum atomic E-state index is -0.416. The number of aryl methyl sites for hydroxylation is 1. The Hall–Kier alpha value is -2.67. The van der Waals surface area contributed by atoms with Crippen molar-refractivity contribution in [1.82, 2.24) is 4.98 Å². The van der Waals surface area contributed by atoms with Crippen LogP contribution in [0.15, 0.2) is 36.4 Å². The molecule has 0 bridgehead atoms. The van der Waals surface area contributed by atoms with Crippen molar-refractivity contribution in [3.63, 3.8) is 0 Å². The molecule has 1 N–H and O–H groups in total. The minimum Gasteiger partial charge on any atom is -0.508 e. The summed E-state index contributed by atoms with van der Waals surface area (Å²) in [4.78, 5) is 17.0. The maximum Gasteiger partial charge on any atom is 0.311 e. The van der Waals surface area contributed by atoms with Crippen LogP contribution in [-0.4, -0.2) is 34.7 Å². The Labute approximate surface area is 133 Å². The Morgan fingerprint density at radius 1 is 1.39 bits per heavy atom. The summed E-state index contributed by atoms with van der Waals surface area (Å²) in [7, 11) is 0. The molecule has 1 aliphatic heterocycles. The number of nitro groups is 1. The summed E-state index contributed by atoms with van der Waals surface area (Å²) in [5.41, 5.74) is 1.56. The van der Waals surface area contributed by atoms with Crippen LogP contribution in [0.4, 0.5) is 11.5 Å². The summed E-state index contributed by atoms with van der Waals surface area (Å²) in [6.45, 7) is 3.22. The van der Waals surface area contributed by atoms with E-state index in [2.05, 4.69) is 4.98 Å². The highest BCUT2D eigenvalue weighted by Gasteiger charge is 2.28. The van der Waals surface area contributed by atoms with Crippen LogP contribution in [0.5, 0.6) is 5.75 Å². The van der Waals surface area contributed by atoms with E-state index < -0.39 is 4.92 Å². The lowest BCUT2D eigenvalue weighted by atomic mass is 10.1. The largest absolute Gasteiger partial charge is 0.508 e. The maximum atomic E-state index is 11.2. The van der Waals surface area contributed by atoms with Gasteiger partial charge in [-0.15, -0.1) is 0 Å². The van der Waals surface area contributed by atoms with Crippen molar-refractivity contribution in [2.75, 3.05) is 24.6 Å². The third kappa shape index (κ3) is 3.24. The lowest BCUT2D eigenvalue weighted by molar-refractivity contribution is -0.384. The topological polar surface area (TPSA) is 88.7 Å². The van der Waals surface area contributed by atoms with E-state index in [1.165, 1.54) is 6.07 Å². The van der Waals surface area contributed by atoms with E-state index in [1.807, 2.05) is 11.0 Å². The summed E-state index contributed by atoms with van der Waals surface area (Å²) in [5, 5.41) is 20.9. The van der Waals surface area contributed by atoms with E-state index in [0.29, 0.717) is 25.5 Å². The Morgan fingerprint density at radius 3 is 2.96 bits per heavy atom. The monoisotopic (exact) mass is 315 g/mol. The zero-order chi connectivity index (χ0) is 16.4. The minimum absolute atomic E-state index is 0.00726. The van der Waals surface area contributed by atoms with Gasteiger partial charge in [0.05, 0.1) is 18.1 Å². The molecular weight excluding hydrogens is 298 g/mol. The number of anilines is 1. The first-order chi connectivity index (χ1) is 11.0. The molecule has 0 aliphatic carbocycles. The third-order valence-electron chi connectivity index (χ3n) is 3.80. The molecule has 0 saturated carbocycles. The van der Waals surface area contributed by atoms with Gasteiger partial charge in [-0.3, -0.25) is 10.1 Å². The summed E-state index contributed by atoms with van der Waals surface area (Å²) >= 11 is 0. The van der Waals surface area contributed by atoms with Crippen molar-refractivity contribution in [3.8, 4) is 5.75 Å². The molecule has 1 aromatic heterocycles. The van der Waals surface area contributed by atoms with E-state index in [4.69, 9.17) is 4.74 Å². The van der Waals surface area contributed by atoms with Crippen molar-refractivity contribution in [2.45, 2.75) is 13.0 Å². The second-order valence-corrected chi connectivity index (χ2v) is 5.45. The SMILES string of the molecule is Cc1ccc([N+](=O)[O-])c(N2CCO[C@@H](c3cccc(O)c3)C2)n1. The Balaban J connectivity index is 1.90. The van der Waals surface area contributed by atoms with E-state index in [1.54, 1.807) is 31.2 Å². The van der Waals surface area contributed by atoms with Gasteiger partial charge >= 0.3 is 5.69 Å². The number of pyridine rings is 1. The molecule has 1 saturated heterocycles. The van der Waals surface area contributed by atoms with Crippen LogP contribution >= 0.6 is 0 Å². The molecule has 0 unspecified atom stereocenters. The van der Waals surface area contributed by atoms with Gasteiger partial charge in [0.25, 0.3) is 0 Å². The molecule has 23 heavy (non-hydrogen) atoms. The molecule has 0 amide bonds. The molecule has 0 radical (unpaired) electrons. The zero-order valence-corrected chi connectivity index (χ0v) is 12.7. The Bertz CT molecular complexity index is 735. The van der Waals surface area contributed by atoms with Gasteiger partial charge in [0.1, 0.15) is 11.9 Å². The van der Waals surface area contributed by atoms with Gasteiger partial charge < -0.3 is 14.7 Å². The van der Waals surface area contributed by atoms with E-state index in [9.17, 15) is 15.2 Å².